The maximum atomic E-state index is 10.3. The number of hydrogen-bond donors (Lipinski definition) is 5. The van der Waals surface area contributed by atoms with Gasteiger partial charge in [-0.3, -0.25) is 4.57 Å². The molecule has 1 saturated heterocycles. The Kier molecular flexibility index (Phi) is 5.44. The van der Waals surface area contributed by atoms with Crippen LogP contribution in [0.15, 0.2) is 18.0 Å². The van der Waals surface area contributed by atoms with Crippen molar-refractivity contribution in [3.63, 3.8) is 0 Å². The Morgan fingerprint density at radius 2 is 2.11 bits per heavy atom. The van der Waals surface area contributed by atoms with Gasteiger partial charge in [-0.1, -0.05) is 11.6 Å². The van der Waals surface area contributed by atoms with Crippen molar-refractivity contribution < 1.29 is 20.1 Å². The van der Waals surface area contributed by atoms with Crippen LogP contribution in [-0.4, -0.2) is 66.3 Å². The summed E-state index contributed by atoms with van der Waals surface area (Å²) in [6.45, 7) is 0.292. The molecule has 2 aromatic heterocycles. The molecule has 0 bridgehead atoms. The van der Waals surface area contributed by atoms with E-state index in [2.05, 4.69) is 26.3 Å². The van der Waals surface area contributed by atoms with Gasteiger partial charge in [0.25, 0.3) is 0 Å². The van der Waals surface area contributed by atoms with Crippen LogP contribution >= 0.6 is 0 Å². The van der Waals surface area contributed by atoms with Gasteiger partial charge in [0.15, 0.2) is 17.7 Å². The number of aliphatic hydroxyl groups excluding tert-OH is 3. The number of aromatic nitrogens is 4. The van der Waals surface area contributed by atoms with Crippen LogP contribution in [0.5, 0.6) is 0 Å². The van der Waals surface area contributed by atoms with Crippen molar-refractivity contribution in [2.45, 2.75) is 56.6 Å². The van der Waals surface area contributed by atoms with Crippen LogP contribution in [0.4, 0.5) is 11.8 Å². The van der Waals surface area contributed by atoms with E-state index in [0.717, 1.165) is 19.3 Å². The normalized spacial score (nSPS) is 27.9. The molecule has 0 saturated carbocycles. The number of nitrogens with zero attached hydrogens (tertiary/aromatic N) is 4. The van der Waals surface area contributed by atoms with E-state index in [1.165, 1.54) is 29.3 Å². The monoisotopic (exact) mass is 390 g/mol. The van der Waals surface area contributed by atoms with Crippen molar-refractivity contribution >= 4 is 22.9 Å². The summed E-state index contributed by atoms with van der Waals surface area (Å²) < 4.78 is 7.08. The van der Waals surface area contributed by atoms with Gasteiger partial charge in [-0.2, -0.15) is 9.97 Å². The van der Waals surface area contributed by atoms with Gasteiger partial charge < -0.3 is 31.1 Å². The first-order valence-corrected chi connectivity index (χ1v) is 9.62. The van der Waals surface area contributed by atoms with Crippen molar-refractivity contribution in [3.05, 3.63) is 18.0 Å². The molecule has 10 nitrogen and oxygen atoms in total. The summed E-state index contributed by atoms with van der Waals surface area (Å²) in [6, 6.07) is 0. The van der Waals surface area contributed by atoms with E-state index in [4.69, 9.17) is 10.5 Å². The van der Waals surface area contributed by atoms with Crippen molar-refractivity contribution in [2.24, 2.45) is 0 Å². The van der Waals surface area contributed by atoms with Crippen LogP contribution in [-0.2, 0) is 4.74 Å². The molecule has 0 amide bonds. The Morgan fingerprint density at radius 3 is 2.82 bits per heavy atom. The van der Waals surface area contributed by atoms with E-state index in [1.807, 2.05) is 0 Å². The van der Waals surface area contributed by atoms with Gasteiger partial charge in [0.1, 0.15) is 23.8 Å². The van der Waals surface area contributed by atoms with Crippen LogP contribution in [0, 0.1) is 0 Å². The fourth-order valence-corrected chi connectivity index (χ4v) is 3.78. The average molecular weight is 390 g/mol. The Hall–Kier alpha value is -2.27. The molecule has 1 aliphatic heterocycles. The van der Waals surface area contributed by atoms with Crippen molar-refractivity contribution in [2.75, 3.05) is 24.2 Å². The van der Waals surface area contributed by atoms with Crippen molar-refractivity contribution in [1.29, 1.82) is 0 Å². The molecular weight excluding hydrogens is 364 g/mol. The number of ether oxygens (including phenoxy) is 1. The number of imidazole rings is 1. The zero-order valence-corrected chi connectivity index (χ0v) is 15.5. The molecule has 1 aliphatic carbocycles. The van der Waals surface area contributed by atoms with Crippen LogP contribution < -0.4 is 11.1 Å². The van der Waals surface area contributed by atoms with Gasteiger partial charge in [0.2, 0.25) is 5.95 Å². The summed E-state index contributed by atoms with van der Waals surface area (Å²) in [6.07, 6.45) is 5.24. The number of allylic oxidation sites excluding steroid dienone is 1. The third-order valence-electron chi connectivity index (χ3n) is 5.35. The largest absolute Gasteiger partial charge is 0.394 e. The molecule has 1 fully saturated rings. The molecule has 28 heavy (non-hydrogen) atoms. The average Bonchev–Trinajstić information content (AvgIpc) is 3.24. The standard InChI is InChI=1S/C18H26N6O4/c19-15-12-16(23-18(22-15)20-7-6-10-4-2-1-3-5-10)24(9-21-12)17-14(27)13(26)11(8-25)28-17/h4,9,11,13-14,17,25-27H,1-3,5-8H2,(H3,19,20,22,23)/t11-,13?,14?,17-/m1/s1. The molecule has 0 aromatic carbocycles. The van der Waals surface area contributed by atoms with Crippen molar-refractivity contribution in [1.82, 2.24) is 19.5 Å². The lowest BCUT2D eigenvalue weighted by Crippen LogP contribution is -2.33. The molecule has 4 rings (SSSR count). The number of nitrogens with one attached hydrogen (secondary N) is 1. The van der Waals surface area contributed by atoms with Gasteiger partial charge in [-0.15, -0.1) is 0 Å². The van der Waals surface area contributed by atoms with Crippen LogP contribution in [0.1, 0.15) is 38.3 Å². The summed E-state index contributed by atoms with van der Waals surface area (Å²) in [5, 5.41) is 32.8. The second-order valence-electron chi connectivity index (χ2n) is 7.27. The maximum absolute atomic E-state index is 10.3. The van der Waals surface area contributed by atoms with Gasteiger partial charge in [-0.05, 0) is 32.1 Å². The highest BCUT2D eigenvalue weighted by molar-refractivity contribution is 5.83. The zero-order valence-electron chi connectivity index (χ0n) is 15.5. The predicted molar refractivity (Wildman–Crippen MR) is 102 cm³/mol. The summed E-state index contributed by atoms with van der Waals surface area (Å²) in [5.41, 5.74) is 8.25. The summed E-state index contributed by atoms with van der Waals surface area (Å²) in [4.78, 5) is 12.9. The molecule has 0 spiro atoms. The number of hydrogen-bond acceptors (Lipinski definition) is 9. The zero-order chi connectivity index (χ0) is 19.7. The second-order valence-corrected chi connectivity index (χ2v) is 7.27. The van der Waals surface area contributed by atoms with Gasteiger partial charge in [0.05, 0.1) is 12.9 Å². The molecule has 3 heterocycles. The maximum Gasteiger partial charge on any atom is 0.226 e. The third-order valence-corrected chi connectivity index (χ3v) is 5.35. The topological polar surface area (TPSA) is 152 Å². The van der Waals surface area contributed by atoms with Gasteiger partial charge in [-0.25, -0.2) is 4.98 Å². The fourth-order valence-electron chi connectivity index (χ4n) is 3.78. The molecule has 10 heteroatoms. The first-order valence-electron chi connectivity index (χ1n) is 9.62. The third kappa shape index (κ3) is 3.55. The van der Waals surface area contributed by atoms with Crippen LogP contribution in [0.3, 0.4) is 0 Å². The lowest BCUT2D eigenvalue weighted by Gasteiger charge is -2.17. The quantitative estimate of drug-likeness (QED) is 0.439. The first kappa shape index (κ1) is 19.1. The van der Waals surface area contributed by atoms with E-state index in [-0.39, 0.29) is 5.82 Å². The van der Waals surface area contributed by atoms with E-state index < -0.39 is 31.1 Å². The number of nitrogen functional groups attached to an aromatic ring is 1. The lowest BCUT2D eigenvalue weighted by molar-refractivity contribution is -0.0511. The molecule has 6 N–H and O–H groups in total. The molecule has 2 unspecified atom stereocenters. The highest BCUT2D eigenvalue weighted by atomic mass is 16.6. The predicted octanol–water partition coefficient (Wildman–Crippen LogP) is 0.322. The van der Waals surface area contributed by atoms with Crippen LogP contribution in [0.25, 0.3) is 11.2 Å². The number of nitrogens with two attached hydrogens (primary N) is 1. The summed E-state index contributed by atoms with van der Waals surface area (Å²) >= 11 is 0. The summed E-state index contributed by atoms with van der Waals surface area (Å²) in [5.74, 6) is 0.588. The number of aliphatic hydroxyl groups is 3. The molecule has 0 radical (unpaired) electrons. The molecular formula is C18H26N6O4. The fraction of sp³-hybridized carbons (Fsp3) is 0.611. The second kappa shape index (κ2) is 8.00. The van der Waals surface area contributed by atoms with E-state index in [0.29, 0.717) is 23.7 Å². The van der Waals surface area contributed by atoms with Gasteiger partial charge >= 0.3 is 0 Å². The Morgan fingerprint density at radius 1 is 1.25 bits per heavy atom. The van der Waals surface area contributed by atoms with Crippen molar-refractivity contribution in [3.8, 4) is 0 Å². The number of rotatable bonds is 6. The number of fused-ring (bicyclic) bond motifs is 1. The highest BCUT2D eigenvalue weighted by Gasteiger charge is 2.44. The molecule has 2 aromatic rings. The smallest absolute Gasteiger partial charge is 0.226 e. The Balaban J connectivity index is 1.54. The van der Waals surface area contributed by atoms with E-state index in [1.54, 1.807) is 0 Å². The molecule has 4 atom stereocenters. The lowest BCUT2D eigenvalue weighted by atomic mass is 9.97. The summed E-state index contributed by atoms with van der Waals surface area (Å²) in [7, 11) is 0. The van der Waals surface area contributed by atoms with E-state index >= 15 is 0 Å². The molecule has 2 aliphatic rings. The Bertz CT molecular complexity index is 869. The number of anilines is 2. The highest BCUT2D eigenvalue weighted by Crippen LogP contribution is 2.32. The van der Waals surface area contributed by atoms with Crippen LogP contribution in [0.2, 0.25) is 0 Å². The first-order chi connectivity index (χ1) is 13.6. The van der Waals surface area contributed by atoms with E-state index in [9.17, 15) is 15.3 Å². The SMILES string of the molecule is Nc1nc(NCCC2=CCCCC2)nc2c1ncn2[C@@H]1O[C@H](CO)C(O)C1O. The minimum Gasteiger partial charge on any atom is -0.394 e. The minimum atomic E-state index is -1.22. The molecule has 152 valence electrons. The minimum absolute atomic E-state index is 0.217. The Labute approximate surface area is 162 Å². The van der Waals surface area contributed by atoms with Gasteiger partial charge in [0, 0.05) is 6.54 Å².